The third-order valence-corrected chi connectivity index (χ3v) is 5.06. The van der Waals surface area contributed by atoms with Crippen LogP contribution in [0.2, 0.25) is 0 Å². The predicted molar refractivity (Wildman–Crippen MR) is 111 cm³/mol. The molecule has 148 valence electrons. The van der Waals surface area contributed by atoms with E-state index in [-0.39, 0.29) is 5.91 Å². The number of benzene rings is 1. The van der Waals surface area contributed by atoms with Crippen molar-refractivity contribution in [1.29, 1.82) is 5.26 Å². The zero-order chi connectivity index (χ0) is 21.1. The zero-order valence-electron chi connectivity index (χ0n) is 16.9. The van der Waals surface area contributed by atoms with Crippen molar-refractivity contribution in [2.75, 3.05) is 27.2 Å². The average molecular weight is 389 g/mol. The highest BCUT2D eigenvalue weighted by Gasteiger charge is 2.34. The number of allylic oxidation sites excluding steroid dienone is 2. The number of nitrogens with zero attached hydrogens (tertiary/aromatic N) is 5. The van der Waals surface area contributed by atoms with Gasteiger partial charge >= 0.3 is 0 Å². The van der Waals surface area contributed by atoms with E-state index in [0.717, 1.165) is 17.6 Å². The molecular formula is C21H23N7O. The van der Waals surface area contributed by atoms with Crippen LogP contribution in [0.15, 0.2) is 34.6 Å². The van der Waals surface area contributed by atoms with Gasteiger partial charge in [-0.05, 0) is 45.6 Å². The van der Waals surface area contributed by atoms with Crippen molar-refractivity contribution in [1.82, 2.24) is 20.4 Å². The summed E-state index contributed by atoms with van der Waals surface area (Å²) in [5.41, 5.74) is 3.61. The van der Waals surface area contributed by atoms with Gasteiger partial charge < -0.3 is 10.2 Å². The Kier molecular flexibility index (Phi) is 5.76. The average Bonchev–Trinajstić information content (AvgIpc) is 3.10. The molecule has 1 aromatic heterocycles. The molecule has 1 aliphatic rings. The number of H-pyrrole nitrogens is 1. The minimum absolute atomic E-state index is 0.259. The molecule has 0 fully saturated rings. The van der Waals surface area contributed by atoms with E-state index < -0.39 is 11.8 Å². The number of nitrogens with one attached hydrogen (secondary N) is 2. The summed E-state index contributed by atoms with van der Waals surface area (Å²) in [5, 5.41) is 20.3. The number of likely N-dealkylation sites (N-methyl/N-ethyl adjacent to an activating group) is 1. The summed E-state index contributed by atoms with van der Waals surface area (Å²) in [6.45, 7) is 12.4. The van der Waals surface area contributed by atoms with Gasteiger partial charge in [-0.25, -0.2) is 4.85 Å². The first kappa shape index (κ1) is 20.2. The first-order valence-corrected chi connectivity index (χ1v) is 9.31. The molecule has 0 saturated carbocycles. The highest BCUT2D eigenvalue weighted by atomic mass is 16.1. The number of rotatable bonds is 5. The Bertz CT molecular complexity index is 1090. The number of aromatic amines is 1. The number of carbonyl (C=O) groups excluding carboxylic acids is 1. The van der Waals surface area contributed by atoms with E-state index in [1.807, 2.05) is 44.1 Å². The lowest BCUT2D eigenvalue weighted by Gasteiger charge is -2.26. The van der Waals surface area contributed by atoms with E-state index in [4.69, 9.17) is 6.57 Å². The Labute approximate surface area is 169 Å². The largest absolute Gasteiger partial charge is 0.349 e. The van der Waals surface area contributed by atoms with Gasteiger partial charge in [-0.15, -0.1) is 0 Å². The fraction of sp³-hybridized carbons (Fsp3) is 0.381. The number of fused-ring (bicyclic) bond motifs is 1. The first-order valence-electron chi connectivity index (χ1n) is 9.31. The quantitative estimate of drug-likeness (QED) is 0.768. The lowest BCUT2D eigenvalue weighted by molar-refractivity contribution is 0.0947. The molecule has 2 unspecified atom stereocenters. The first-order chi connectivity index (χ1) is 13.9. The monoisotopic (exact) mass is 389 g/mol. The van der Waals surface area contributed by atoms with E-state index in [2.05, 4.69) is 31.4 Å². The summed E-state index contributed by atoms with van der Waals surface area (Å²) in [6, 6.07) is 7.85. The third-order valence-electron chi connectivity index (χ3n) is 5.06. The van der Waals surface area contributed by atoms with Crippen LogP contribution < -0.4 is 5.32 Å². The lowest BCUT2D eigenvalue weighted by atomic mass is 9.79. The van der Waals surface area contributed by atoms with Crippen molar-refractivity contribution in [3.05, 3.63) is 52.3 Å². The normalized spacial score (nSPS) is 19.1. The van der Waals surface area contributed by atoms with Crippen LogP contribution in [0.5, 0.6) is 0 Å². The molecule has 1 amide bonds. The topological polar surface area (TPSA) is 102 Å². The van der Waals surface area contributed by atoms with Crippen LogP contribution in [-0.4, -0.2) is 53.9 Å². The van der Waals surface area contributed by atoms with E-state index in [1.165, 1.54) is 0 Å². The fourth-order valence-corrected chi connectivity index (χ4v) is 3.56. The van der Waals surface area contributed by atoms with Gasteiger partial charge in [0, 0.05) is 35.8 Å². The minimum atomic E-state index is -0.524. The van der Waals surface area contributed by atoms with Crippen molar-refractivity contribution < 1.29 is 4.79 Å². The van der Waals surface area contributed by atoms with Crippen molar-refractivity contribution in [2.24, 2.45) is 10.9 Å². The van der Waals surface area contributed by atoms with E-state index in [0.29, 0.717) is 34.7 Å². The molecule has 0 spiro atoms. The SMILES string of the molecule is [C-]#[N+]C1=C(C)N=C(C)C(C#N)C1c1ccc2[nH]nc(C(=O)NCCN(C)C)c2c1. The van der Waals surface area contributed by atoms with Gasteiger partial charge in [0.1, 0.15) is 0 Å². The summed E-state index contributed by atoms with van der Waals surface area (Å²) in [6.07, 6.45) is 0. The molecule has 2 N–H and O–H groups in total. The molecule has 1 aliphatic heterocycles. The summed E-state index contributed by atoms with van der Waals surface area (Å²) in [7, 11) is 3.88. The molecule has 0 radical (unpaired) electrons. The number of hydrogen-bond acceptors (Lipinski definition) is 5. The standard InChI is InChI=1S/C21H23N7O/c1-12-16(11-22)18(19(23-3)13(2)25-12)14-6-7-17-15(10-14)20(27-26-17)21(29)24-8-9-28(4)5/h6-7,10,16,18H,8-9H2,1-2,4-5H3,(H,24,29)(H,26,27). The van der Waals surface area contributed by atoms with Crippen LogP contribution in [0.4, 0.5) is 0 Å². The number of carbonyl (C=O) groups is 1. The van der Waals surface area contributed by atoms with Crippen LogP contribution in [0.25, 0.3) is 15.7 Å². The molecule has 0 bridgehead atoms. The summed E-state index contributed by atoms with van der Waals surface area (Å²) >= 11 is 0. The Morgan fingerprint density at radius 2 is 2.17 bits per heavy atom. The number of amides is 1. The number of aromatic nitrogens is 2. The fourth-order valence-electron chi connectivity index (χ4n) is 3.56. The molecule has 2 heterocycles. The van der Waals surface area contributed by atoms with E-state index in [1.54, 1.807) is 6.92 Å². The van der Waals surface area contributed by atoms with Crippen LogP contribution in [-0.2, 0) is 0 Å². The number of hydrogen-bond donors (Lipinski definition) is 2. The highest BCUT2D eigenvalue weighted by Crippen LogP contribution is 2.40. The van der Waals surface area contributed by atoms with Gasteiger partial charge in [-0.2, -0.15) is 10.4 Å². The third kappa shape index (κ3) is 3.89. The zero-order valence-corrected chi connectivity index (χ0v) is 16.9. The van der Waals surface area contributed by atoms with Crippen molar-refractivity contribution in [2.45, 2.75) is 19.8 Å². The Hall–Kier alpha value is -3.49. The van der Waals surface area contributed by atoms with Crippen LogP contribution in [0.1, 0.15) is 35.8 Å². The molecule has 1 aromatic carbocycles. The molecule has 0 saturated heterocycles. The minimum Gasteiger partial charge on any atom is -0.349 e. The summed E-state index contributed by atoms with van der Waals surface area (Å²) in [5.74, 6) is -1.20. The molecule has 3 rings (SSSR count). The molecule has 2 aromatic rings. The van der Waals surface area contributed by atoms with Crippen LogP contribution in [0.3, 0.4) is 0 Å². The second-order valence-electron chi connectivity index (χ2n) is 7.36. The lowest BCUT2D eigenvalue weighted by Crippen LogP contribution is -2.31. The highest BCUT2D eigenvalue weighted by molar-refractivity contribution is 6.05. The van der Waals surface area contributed by atoms with Gasteiger partial charge in [0.25, 0.3) is 5.91 Å². The van der Waals surface area contributed by atoms with E-state index in [9.17, 15) is 10.1 Å². The predicted octanol–water partition coefficient (Wildman–Crippen LogP) is 2.70. The number of nitriles is 1. The molecule has 29 heavy (non-hydrogen) atoms. The van der Waals surface area contributed by atoms with Gasteiger partial charge in [-0.3, -0.25) is 14.9 Å². The second-order valence-corrected chi connectivity index (χ2v) is 7.36. The molecule has 8 nitrogen and oxygen atoms in total. The Morgan fingerprint density at radius 3 is 2.83 bits per heavy atom. The van der Waals surface area contributed by atoms with Gasteiger partial charge in [0.15, 0.2) is 11.4 Å². The van der Waals surface area contributed by atoms with Crippen molar-refractivity contribution in [3.8, 4) is 6.07 Å². The molecule has 2 atom stereocenters. The molecule has 8 heteroatoms. The van der Waals surface area contributed by atoms with E-state index >= 15 is 0 Å². The van der Waals surface area contributed by atoms with Gasteiger partial charge in [0.05, 0.1) is 24.1 Å². The Morgan fingerprint density at radius 1 is 1.41 bits per heavy atom. The smallest absolute Gasteiger partial charge is 0.272 e. The van der Waals surface area contributed by atoms with Crippen molar-refractivity contribution >= 4 is 22.5 Å². The maximum Gasteiger partial charge on any atom is 0.272 e. The number of aliphatic imine (C=N–C) groups is 1. The van der Waals surface area contributed by atoms with Crippen LogP contribution in [0, 0.1) is 23.8 Å². The maximum atomic E-state index is 12.6. The molecular weight excluding hydrogens is 366 g/mol. The second kappa shape index (κ2) is 8.26. The Balaban J connectivity index is 2.01. The molecule has 0 aliphatic carbocycles. The summed E-state index contributed by atoms with van der Waals surface area (Å²) < 4.78 is 0. The van der Waals surface area contributed by atoms with Gasteiger partial charge in [-0.1, -0.05) is 6.07 Å². The van der Waals surface area contributed by atoms with Crippen LogP contribution >= 0.6 is 0 Å². The maximum absolute atomic E-state index is 12.6. The summed E-state index contributed by atoms with van der Waals surface area (Å²) in [4.78, 5) is 22.6. The van der Waals surface area contributed by atoms with Crippen molar-refractivity contribution in [3.63, 3.8) is 0 Å². The van der Waals surface area contributed by atoms with Gasteiger partial charge in [0.2, 0.25) is 0 Å².